The Hall–Kier alpha value is -3.32. The molecule has 0 bridgehead atoms. The van der Waals surface area contributed by atoms with Gasteiger partial charge in [-0.05, 0) is 0 Å². The van der Waals surface area contributed by atoms with Gasteiger partial charge in [0.2, 0.25) is 0 Å². The third-order valence-corrected chi connectivity index (χ3v) is 1.93. The summed E-state index contributed by atoms with van der Waals surface area (Å²) in [5.74, 6) is -5.03. The molecule has 1 aliphatic heterocycles. The van der Waals surface area contributed by atoms with Crippen LogP contribution in [0.4, 0.5) is 4.79 Å². The molecule has 0 radical (unpaired) electrons. The standard InChI is InChI=1S/C6H4N4O10/c11-3-4(12)7(1-19-9(15)16)6(14)8(5(3)13)2-20-10(17)18/h1-2H2. The summed E-state index contributed by atoms with van der Waals surface area (Å²) in [6.45, 7) is -2.50. The van der Waals surface area contributed by atoms with E-state index in [2.05, 4.69) is 9.68 Å². The Morgan fingerprint density at radius 2 is 1.20 bits per heavy atom. The quantitative estimate of drug-likeness (QED) is 0.292. The van der Waals surface area contributed by atoms with Gasteiger partial charge in [-0.25, -0.2) is 14.6 Å². The van der Waals surface area contributed by atoms with Crippen LogP contribution in [0, 0.1) is 20.2 Å². The van der Waals surface area contributed by atoms with Gasteiger partial charge in [-0.15, -0.1) is 20.2 Å². The molecule has 1 rings (SSSR count). The van der Waals surface area contributed by atoms with Crippen molar-refractivity contribution in [2.24, 2.45) is 0 Å². The topological polar surface area (TPSA) is 180 Å². The summed E-state index contributed by atoms with van der Waals surface area (Å²) in [5.41, 5.74) is 0. The number of imide groups is 2. The normalized spacial score (nSPS) is 15.4. The molecule has 0 aromatic carbocycles. The van der Waals surface area contributed by atoms with Gasteiger partial charge in [-0.3, -0.25) is 24.1 Å². The molecule has 20 heavy (non-hydrogen) atoms. The summed E-state index contributed by atoms with van der Waals surface area (Å²) in [6.07, 6.45) is 0. The maximum atomic E-state index is 11.6. The van der Waals surface area contributed by atoms with E-state index in [1.807, 2.05) is 0 Å². The smallest absolute Gasteiger partial charge is 0.292 e. The van der Waals surface area contributed by atoms with Crippen LogP contribution in [0.15, 0.2) is 0 Å². The second-order valence-electron chi connectivity index (χ2n) is 3.04. The maximum absolute atomic E-state index is 11.6. The number of carbonyl (C=O) groups is 4. The molecule has 0 aromatic rings. The molecule has 0 atom stereocenters. The highest BCUT2D eigenvalue weighted by atomic mass is 17.0. The summed E-state index contributed by atoms with van der Waals surface area (Å²) in [7, 11) is 0. The number of carbonyl (C=O) groups excluding carboxylic acids is 4. The van der Waals surface area contributed by atoms with Gasteiger partial charge < -0.3 is 0 Å². The van der Waals surface area contributed by atoms with E-state index in [0.29, 0.717) is 0 Å². The lowest BCUT2D eigenvalue weighted by Crippen LogP contribution is -2.61. The molecule has 0 aromatic heterocycles. The number of nitrogens with zero attached hydrogens (tertiary/aromatic N) is 4. The average molecular weight is 292 g/mol. The zero-order valence-electron chi connectivity index (χ0n) is 9.29. The minimum Gasteiger partial charge on any atom is -0.292 e. The van der Waals surface area contributed by atoms with Gasteiger partial charge in [0.25, 0.3) is 10.2 Å². The van der Waals surface area contributed by atoms with Crippen molar-refractivity contribution in [3.8, 4) is 0 Å². The number of urea groups is 1. The molecule has 4 amide bonds. The van der Waals surface area contributed by atoms with Gasteiger partial charge in [0.15, 0.2) is 13.5 Å². The van der Waals surface area contributed by atoms with E-state index in [1.54, 1.807) is 0 Å². The molecule has 1 aliphatic rings. The number of barbiturate groups is 1. The van der Waals surface area contributed by atoms with E-state index in [-0.39, 0.29) is 9.80 Å². The minimum atomic E-state index is -1.72. The minimum absolute atomic E-state index is 0.0736. The van der Waals surface area contributed by atoms with E-state index in [1.165, 1.54) is 0 Å². The fourth-order valence-electron chi connectivity index (χ4n) is 1.09. The van der Waals surface area contributed by atoms with Gasteiger partial charge >= 0.3 is 23.6 Å². The number of amides is 4. The largest absolute Gasteiger partial charge is 0.337 e. The van der Waals surface area contributed by atoms with Crippen LogP contribution in [0.5, 0.6) is 0 Å². The zero-order valence-corrected chi connectivity index (χ0v) is 9.29. The van der Waals surface area contributed by atoms with Crippen molar-refractivity contribution >= 4 is 23.6 Å². The molecule has 14 nitrogen and oxygen atoms in total. The average Bonchev–Trinajstić information content (AvgIpc) is 2.35. The maximum Gasteiger partial charge on any atom is 0.337 e. The predicted molar refractivity (Wildman–Crippen MR) is 50.0 cm³/mol. The number of ketones is 1. The molecule has 0 aliphatic carbocycles. The SMILES string of the molecule is O=C1C(=O)N(CO[N+](=O)[O-])C(=O)N(CO[N+](=O)[O-])C1=O. The van der Waals surface area contributed by atoms with E-state index < -0.39 is 47.3 Å². The van der Waals surface area contributed by atoms with Gasteiger partial charge in [0.05, 0.1) is 0 Å². The van der Waals surface area contributed by atoms with E-state index in [9.17, 15) is 39.4 Å². The van der Waals surface area contributed by atoms with Gasteiger partial charge in [-0.1, -0.05) is 0 Å². The molecule has 0 N–H and O–H groups in total. The molecular formula is C6H4N4O10. The van der Waals surface area contributed by atoms with Gasteiger partial charge in [0.1, 0.15) is 0 Å². The summed E-state index contributed by atoms with van der Waals surface area (Å²) >= 11 is 0. The first-order chi connectivity index (χ1) is 9.25. The zero-order chi connectivity index (χ0) is 15.4. The highest BCUT2D eigenvalue weighted by molar-refractivity contribution is 6.66. The highest BCUT2D eigenvalue weighted by Crippen LogP contribution is 2.10. The van der Waals surface area contributed by atoms with Crippen LogP contribution in [0.2, 0.25) is 0 Å². The van der Waals surface area contributed by atoms with Crippen molar-refractivity contribution in [3.63, 3.8) is 0 Å². The second kappa shape index (κ2) is 5.55. The fourth-order valence-corrected chi connectivity index (χ4v) is 1.09. The third kappa shape index (κ3) is 2.92. The lowest BCUT2D eigenvalue weighted by molar-refractivity contribution is -0.762. The molecule has 1 saturated heterocycles. The van der Waals surface area contributed by atoms with Crippen molar-refractivity contribution < 1.29 is 39.0 Å². The van der Waals surface area contributed by atoms with Crippen molar-refractivity contribution in [2.45, 2.75) is 0 Å². The number of rotatable bonds is 6. The predicted octanol–water partition coefficient (Wildman–Crippen LogP) is -2.32. The molecule has 1 heterocycles. The lowest BCUT2D eigenvalue weighted by atomic mass is 10.2. The molecule has 108 valence electrons. The Kier molecular flexibility index (Phi) is 4.09. The molecule has 14 heteroatoms. The van der Waals surface area contributed by atoms with Crippen molar-refractivity contribution in [2.75, 3.05) is 13.5 Å². The molecular weight excluding hydrogens is 288 g/mol. The Morgan fingerprint density at radius 1 is 0.850 bits per heavy atom. The first-order valence-corrected chi connectivity index (χ1v) is 4.52. The van der Waals surface area contributed by atoms with Crippen LogP contribution in [-0.2, 0) is 24.1 Å². The third-order valence-electron chi connectivity index (χ3n) is 1.93. The van der Waals surface area contributed by atoms with E-state index >= 15 is 0 Å². The summed E-state index contributed by atoms with van der Waals surface area (Å²) in [5, 5.41) is 17.2. The number of hydrogen-bond donors (Lipinski definition) is 0. The fraction of sp³-hybridized carbons (Fsp3) is 0.333. The van der Waals surface area contributed by atoms with Crippen molar-refractivity contribution in [3.05, 3.63) is 20.2 Å². The van der Waals surface area contributed by atoms with Crippen LogP contribution in [0.25, 0.3) is 0 Å². The second-order valence-corrected chi connectivity index (χ2v) is 3.04. The van der Waals surface area contributed by atoms with Crippen LogP contribution >= 0.6 is 0 Å². The van der Waals surface area contributed by atoms with Gasteiger partial charge in [-0.2, -0.15) is 0 Å². The van der Waals surface area contributed by atoms with Gasteiger partial charge in [0, 0.05) is 0 Å². The molecule has 0 saturated carbocycles. The monoisotopic (exact) mass is 292 g/mol. The molecule has 0 spiro atoms. The molecule has 0 unspecified atom stereocenters. The van der Waals surface area contributed by atoms with Crippen LogP contribution in [0.3, 0.4) is 0 Å². The highest BCUT2D eigenvalue weighted by Gasteiger charge is 2.45. The Balaban J connectivity index is 2.90. The Labute approximate surface area is 107 Å². The first kappa shape index (κ1) is 14.7. The van der Waals surface area contributed by atoms with Crippen LogP contribution in [0.1, 0.15) is 0 Å². The number of hydrogen-bond acceptors (Lipinski definition) is 10. The van der Waals surface area contributed by atoms with E-state index in [4.69, 9.17) is 0 Å². The van der Waals surface area contributed by atoms with E-state index in [0.717, 1.165) is 0 Å². The van der Waals surface area contributed by atoms with Crippen LogP contribution in [-0.4, -0.2) is 57.1 Å². The first-order valence-electron chi connectivity index (χ1n) is 4.52. The summed E-state index contributed by atoms with van der Waals surface area (Å²) in [6, 6.07) is -1.52. The lowest BCUT2D eigenvalue weighted by Gasteiger charge is -2.29. The Bertz CT molecular complexity index is 472. The van der Waals surface area contributed by atoms with Crippen molar-refractivity contribution in [1.29, 1.82) is 0 Å². The summed E-state index contributed by atoms with van der Waals surface area (Å²) in [4.78, 5) is 72.5. The number of Topliss-reactive ketones (excluding diaryl/α,β-unsaturated/α-hetero) is 1. The van der Waals surface area contributed by atoms with Crippen LogP contribution < -0.4 is 0 Å². The molecule has 1 fully saturated rings. The summed E-state index contributed by atoms with van der Waals surface area (Å²) < 4.78 is 0. The van der Waals surface area contributed by atoms with Crippen molar-refractivity contribution in [1.82, 2.24) is 9.80 Å². The Morgan fingerprint density at radius 3 is 1.50 bits per heavy atom.